The van der Waals surface area contributed by atoms with Crippen LogP contribution in [-0.4, -0.2) is 31.8 Å². The number of ether oxygens (including phenoxy) is 1. The lowest BCUT2D eigenvalue weighted by Crippen LogP contribution is -2.41. The van der Waals surface area contributed by atoms with Crippen LogP contribution in [0.1, 0.15) is 16.8 Å². The summed E-state index contributed by atoms with van der Waals surface area (Å²) in [6.45, 7) is 0.479. The maximum Gasteiger partial charge on any atom is 0.261 e. The van der Waals surface area contributed by atoms with Crippen molar-refractivity contribution < 1.29 is 9.53 Å². The predicted molar refractivity (Wildman–Crippen MR) is 91.9 cm³/mol. The molecular weight excluding hydrogens is 290 g/mol. The molecule has 5 nitrogen and oxygen atoms in total. The van der Waals surface area contributed by atoms with E-state index in [2.05, 4.69) is 4.99 Å². The van der Waals surface area contributed by atoms with Crippen LogP contribution in [0.15, 0.2) is 53.5 Å². The van der Waals surface area contributed by atoms with Crippen LogP contribution in [0.25, 0.3) is 0 Å². The smallest absolute Gasteiger partial charge is 0.261 e. The van der Waals surface area contributed by atoms with Crippen LogP contribution in [0.4, 0.5) is 11.4 Å². The molecule has 1 aliphatic heterocycles. The van der Waals surface area contributed by atoms with Crippen molar-refractivity contribution in [2.45, 2.75) is 12.5 Å². The quantitative estimate of drug-likeness (QED) is 0.944. The summed E-state index contributed by atoms with van der Waals surface area (Å²) in [4.78, 5) is 19.3. The molecule has 118 valence electrons. The summed E-state index contributed by atoms with van der Waals surface area (Å²) < 4.78 is 5.19. The van der Waals surface area contributed by atoms with Crippen LogP contribution in [-0.2, 0) is 0 Å². The lowest BCUT2D eigenvalue weighted by molar-refractivity contribution is 0.0984. The van der Waals surface area contributed by atoms with Gasteiger partial charge in [0.15, 0.2) is 0 Å². The molecule has 2 N–H and O–H groups in total. The zero-order valence-corrected chi connectivity index (χ0v) is 13.0. The molecule has 5 heteroatoms. The van der Waals surface area contributed by atoms with Crippen molar-refractivity contribution in [2.24, 2.45) is 10.7 Å². The molecule has 0 radical (unpaired) electrons. The largest absolute Gasteiger partial charge is 0.497 e. The number of carbonyl (C=O) groups is 1. The number of amides is 1. The minimum Gasteiger partial charge on any atom is -0.497 e. The molecule has 1 heterocycles. The highest BCUT2D eigenvalue weighted by atomic mass is 16.5. The predicted octanol–water partition coefficient (Wildman–Crippen LogP) is 2.78. The highest BCUT2D eigenvalue weighted by Crippen LogP contribution is 2.29. The van der Waals surface area contributed by atoms with E-state index in [4.69, 9.17) is 10.5 Å². The van der Waals surface area contributed by atoms with Crippen molar-refractivity contribution in [3.05, 3.63) is 54.1 Å². The molecule has 0 saturated heterocycles. The molecule has 0 fully saturated rings. The number of hydrogen-bond donors (Lipinski definition) is 1. The highest BCUT2D eigenvalue weighted by Gasteiger charge is 2.28. The summed E-state index contributed by atoms with van der Waals surface area (Å²) in [5, 5.41) is 0. The number of rotatable bonds is 4. The lowest BCUT2D eigenvalue weighted by Gasteiger charge is -2.28. The second-order valence-corrected chi connectivity index (χ2v) is 5.31. The zero-order valence-electron chi connectivity index (χ0n) is 13.0. The van der Waals surface area contributed by atoms with Gasteiger partial charge >= 0.3 is 0 Å². The number of methoxy groups -OCH3 is 1. The SMILES string of the molecule is COc1ccc(N2C(=O)c3ccccc3N=CC2CCN)cc1. The van der Waals surface area contributed by atoms with Gasteiger partial charge in [-0.3, -0.25) is 14.7 Å². The van der Waals surface area contributed by atoms with E-state index >= 15 is 0 Å². The maximum absolute atomic E-state index is 13.1. The van der Waals surface area contributed by atoms with Crippen LogP contribution in [0.2, 0.25) is 0 Å². The Morgan fingerprint density at radius 1 is 1.17 bits per heavy atom. The Bertz CT molecular complexity index is 725. The fourth-order valence-corrected chi connectivity index (χ4v) is 2.71. The van der Waals surface area contributed by atoms with E-state index in [1.54, 1.807) is 24.3 Å². The van der Waals surface area contributed by atoms with E-state index in [1.807, 2.05) is 42.5 Å². The van der Waals surface area contributed by atoms with Gasteiger partial charge in [0.1, 0.15) is 5.75 Å². The van der Waals surface area contributed by atoms with Crippen LogP contribution in [0, 0.1) is 0 Å². The average Bonchev–Trinajstić information content (AvgIpc) is 2.73. The molecule has 0 aliphatic carbocycles. The lowest BCUT2D eigenvalue weighted by atomic mass is 10.1. The van der Waals surface area contributed by atoms with Gasteiger partial charge in [0.2, 0.25) is 0 Å². The number of benzene rings is 2. The molecule has 2 aromatic carbocycles. The van der Waals surface area contributed by atoms with Gasteiger partial charge in [-0.1, -0.05) is 12.1 Å². The molecule has 1 atom stereocenters. The Morgan fingerprint density at radius 2 is 1.91 bits per heavy atom. The molecule has 23 heavy (non-hydrogen) atoms. The molecule has 0 aromatic heterocycles. The van der Waals surface area contributed by atoms with Gasteiger partial charge in [-0.2, -0.15) is 0 Å². The van der Waals surface area contributed by atoms with Gasteiger partial charge in [-0.15, -0.1) is 0 Å². The topological polar surface area (TPSA) is 67.9 Å². The molecule has 1 amide bonds. The second kappa shape index (κ2) is 6.62. The number of aliphatic imine (C=N–C) groups is 1. The van der Waals surface area contributed by atoms with Gasteiger partial charge in [0.25, 0.3) is 5.91 Å². The summed E-state index contributed by atoms with van der Waals surface area (Å²) in [7, 11) is 1.62. The highest BCUT2D eigenvalue weighted by molar-refractivity contribution is 6.13. The first kappa shape index (κ1) is 15.2. The molecule has 0 spiro atoms. The van der Waals surface area contributed by atoms with E-state index in [9.17, 15) is 4.79 Å². The van der Waals surface area contributed by atoms with E-state index in [1.165, 1.54) is 0 Å². The Morgan fingerprint density at radius 3 is 2.61 bits per heavy atom. The Hall–Kier alpha value is -2.66. The number of nitrogens with two attached hydrogens (primary N) is 1. The first-order chi connectivity index (χ1) is 11.2. The standard InChI is InChI=1S/C18H19N3O2/c1-23-15-8-6-13(7-9-15)21-14(10-11-19)12-20-17-5-3-2-4-16(17)18(21)22/h2-9,12,14H,10-11,19H2,1H3. The minimum atomic E-state index is -0.173. The molecule has 0 saturated carbocycles. The number of hydrogen-bond acceptors (Lipinski definition) is 4. The molecular formula is C18H19N3O2. The number of carbonyl (C=O) groups excluding carboxylic acids is 1. The third-order valence-corrected chi connectivity index (χ3v) is 3.88. The fraction of sp³-hybridized carbons (Fsp3) is 0.222. The van der Waals surface area contributed by atoms with Gasteiger partial charge < -0.3 is 10.5 Å². The number of anilines is 1. The van der Waals surface area contributed by atoms with Crippen LogP contribution < -0.4 is 15.4 Å². The van der Waals surface area contributed by atoms with Gasteiger partial charge in [0, 0.05) is 11.9 Å². The van der Waals surface area contributed by atoms with Crippen LogP contribution in [0.5, 0.6) is 5.75 Å². The summed E-state index contributed by atoms with van der Waals surface area (Å²) in [5.74, 6) is 0.683. The number of nitrogens with zero attached hydrogens (tertiary/aromatic N) is 2. The fourth-order valence-electron chi connectivity index (χ4n) is 2.71. The molecule has 1 aliphatic rings. The van der Waals surface area contributed by atoms with Crippen molar-refractivity contribution in [2.75, 3.05) is 18.6 Å². The second-order valence-electron chi connectivity index (χ2n) is 5.31. The summed E-state index contributed by atoms with van der Waals surface area (Å²) >= 11 is 0. The first-order valence-electron chi connectivity index (χ1n) is 7.55. The van der Waals surface area contributed by atoms with E-state index < -0.39 is 0 Å². The van der Waals surface area contributed by atoms with Crippen molar-refractivity contribution in [1.29, 1.82) is 0 Å². The monoisotopic (exact) mass is 309 g/mol. The van der Waals surface area contributed by atoms with Crippen molar-refractivity contribution in [3.63, 3.8) is 0 Å². The average molecular weight is 309 g/mol. The third kappa shape index (κ3) is 2.96. The van der Waals surface area contributed by atoms with Gasteiger partial charge in [-0.05, 0) is 49.4 Å². The Labute approximate surface area is 135 Å². The van der Waals surface area contributed by atoms with Crippen molar-refractivity contribution in [1.82, 2.24) is 0 Å². The molecule has 1 unspecified atom stereocenters. The van der Waals surface area contributed by atoms with Gasteiger partial charge in [0.05, 0.1) is 24.4 Å². The van der Waals surface area contributed by atoms with E-state index in [0.717, 1.165) is 11.4 Å². The minimum absolute atomic E-state index is 0.0679. The molecule has 0 bridgehead atoms. The maximum atomic E-state index is 13.1. The molecule has 3 rings (SSSR count). The normalized spacial score (nSPS) is 16.9. The number of fused-ring (bicyclic) bond motifs is 1. The third-order valence-electron chi connectivity index (χ3n) is 3.88. The number of para-hydroxylation sites is 1. The van der Waals surface area contributed by atoms with Crippen molar-refractivity contribution in [3.8, 4) is 5.75 Å². The summed E-state index contributed by atoms with van der Waals surface area (Å²) in [6, 6.07) is 14.6. The Balaban J connectivity index is 2.06. The van der Waals surface area contributed by atoms with E-state index in [0.29, 0.717) is 24.2 Å². The first-order valence-corrected chi connectivity index (χ1v) is 7.55. The summed E-state index contributed by atoms with van der Waals surface area (Å²) in [5.41, 5.74) is 7.82. The van der Waals surface area contributed by atoms with Crippen LogP contribution in [0.3, 0.4) is 0 Å². The Kier molecular flexibility index (Phi) is 4.39. The zero-order chi connectivity index (χ0) is 16.2. The molecule has 2 aromatic rings. The van der Waals surface area contributed by atoms with Crippen molar-refractivity contribution >= 4 is 23.5 Å². The van der Waals surface area contributed by atoms with Crippen LogP contribution >= 0.6 is 0 Å². The van der Waals surface area contributed by atoms with E-state index in [-0.39, 0.29) is 11.9 Å². The summed E-state index contributed by atoms with van der Waals surface area (Å²) in [6.07, 6.45) is 2.45. The van der Waals surface area contributed by atoms with Gasteiger partial charge in [-0.25, -0.2) is 0 Å².